The van der Waals surface area contributed by atoms with E-state index in [0.717, 1.165) is 24.9 Å². The minimum absolute atomic E-state index is 0.0632. The summed E-state index contributed by atoms with van der Waals surface area (Å²) in [7, 11) is 0. The maximum atomic E-state index is 12.8. The van der Waals surface area contributed by atoms with Crippen LogP contribution in [0.1, 0.15) is 37.4 Å². The Morgan fingerprint density at radius 1 is 1.36 bits per heavy atom. The summed E-state index contributed by atoms with van der Waals surface area (Å²) in [6.07, 6.45) is 7.11. The molecule has 2 aromatic rings. The van der Waals surface area contributed by atoms with E-state index in [2.05, 4.69) is 4.98 Å². The van der Waals surface area contributed by atoms with Crippen LogP contribution in [0, 0.1) is 0 Å². The van der Waals surface area contributed by atoms with E-state index in [1.165, 1.54) is 0 Å². The predicted octanol–water partition coefficient (Wildman–Crippen LogP) is 4.11. The van der Waals surface area contributed by atoms with Crippen LogP contribution in [0.2, 0.25) is 10.0 Å². The molecule has 1 fully saturated rings. The summed E-state index contributed by atoms with van der Waals surface area (Å²) in [5.74, 6) is 0.103. The van der Waals surface area contributed by atoms with Gasteiger partial charge in [0.05, 0.1) is 22.4 Å². The van der Waals surface area contributed by atoms with Crippen molar-refractivity contribution in [2.45, 2.75) is 31.8 Å². The van der Waals surface area contributed by atoms with Gasteiger partial charge >= 0.3 is 0 Å². The molecule has 2 heterocycles. The van der Waals surface area contributed by atoms with Gasteiger partial charge in [0.2, 0.25) is 5.91 Å². The second kappa shape index (κ2) is 6.31. The molecule has 1 aliphatic heterocycles. The van der Waals surface area contributed by atoms with Gasteiger partial charge in [0.1, 0.15) is 6.04 Å². The molecule has 2 unspecified atom stereocenters. The van der Waals surface area contributed by atoms with E-state index in [-0.39, 0.29) is 18.0 Å². The van der Waals surface area contributed by atoms with Crippen LogP contribution >= 0.6 is 23.2 Å². The summed E-state index contributed by atoms with van der Waals surface area (Å²) in [6, 6.07) is 5.41. The van der Waals surface area contributed by atoms with E-state index in [1.54, 1.807) is 18.6 Å². The SMILES string of the molecule is CC(C(=O)N1CCCC1c1ccc(Cl)c(Cl)c1)n1ccnc1. The molecule has 0 radical (unpaired) electrons. The van der Waals surface area contributed by atoms with Crippen LogP contribution in [0.4, 0.5) is 0 Å². The summed E-state index contributed by atoms with van der Waals surface area (Å²) >= 11 is 12.1. The van der Waals surface area contributed by atoms with E-state index >= 15 is 0 Å². The highest BCUT2D eigenvalue weighted by atomic mass is 35.5. The lowest BCUT2D eigenvalue weighted by Crippen LogP contribution is -2.35. The van der Waals surface area contributed by atoms with Crippen LogP contribution in [0.15, 0.2) is 36.9 Å². The van der Waals surface area contributed by atoms with Gasteiger partial charge in [-0.25, -0.2) is 4.98 Å². The summed E-state index contributed by atoms with van der Waals surface area (Å²) in [6.45, 7) is 2.66. The number of carbonyl (C=O) groups excluding carboxylic acids is 1. The molecule has 1 amide bonds. The average Bonchev–Trinajstić information content (AvgIpc) is 3.19. The molecule has 1 saturated heterocycles. The molecule has 2 atom stereocenters. The summed E-state index contributed by atoms with van der Waals surface area (Å²) in [5, 5.41) is 1.06. The fourth-order valence-electron chi connectivity index (χ4n) is 2.96. The number of hydrogen-bond donors (Lipinski definition) is 0. The van der Waals surface area contributed by atoms with Crippen molar-refractivity contribution in [2.24, 2.45) is 0 Å². The average molecular weight is 338 g/mol. The summed E-state index contributed by atoms with van der Waals surface area (Å²) in [4.78, 5) is 18.7. The second-order valence-corrected chi connectivity index (χ2v) is 6.36. The van der Waals surface area contributed by atoms with Crippen molar-refractivity contribution in [2.75, 3.05) is 6.54 Å². The van der Waals surface area contributed by atoms with Crippen LogP contribution in [0.25, 0.3) is 0 Å². The van der Waals surface area contributed by atoms with Crippen molar-refractivity contribution in [1.29, 1.82) is 0 Å². The molecular formula is C16H17Cl2N3O. The van der Waals surface area contributed by atoms with Crippen LogP contribution in [0.5, 0.6) is 0 Å². The topological polar surface area (TPSA) is 38.1 Å². The zero-order chi connectivity index (χ0) is 15.7. The molecule has 0 bridgehead atoms. The number of amides is 1. The third-order valence-electron chi connectivity index (χ3n) is 4.19. The number of hydrogen-bond acceptors (Lipinski definition) is 2. The fourth-order valence-corrected chi connectivity index (χ4v) is 3.27. The summed E-state index contributed by atoms with van der Waals surface area (Å²) in [5.41, 5.74) is 1.04. The number of aromatic nitrogens is 2. The van der Waals surface area contributed by atoms with Gasteiger partial charge in [-0.3, -0.25) is 4.79 Å². The minimum atomic E-state index is -0.258. The summed E-state index contributed by atoms with van der Waals surface area (Å²) < 4.78 is 1.83. The highest BCUT2D eigenvalue weighted by Gasteiger charge is 2.33. The molecule has 1 aromatic heterocycles. The monoisotopic (exact) mass is 337 g/mol. The van der Waals surface area contributed by atoms with E-state index in [0.29, 0.717) is 10.0 Å². The lowest BCUT2D eigenvalue weighted by Gasteiger charge is -2.28. The molecule has 6 heteroatoms. The molecule has 116 valence electrons. The normalized spacial score (nSPS) is 19.4. The Morgan fingerprint density at radius 2 is 2.18 bits per heavy atom. The Hall–Kier alpha value is -1.52. The number of imidazole rings is 1. The number of carbonyl (C=O) groups is 1. The van der Waals surface area contributed by atoms with Gasteiger partial charge in [-0.1, -0.05) is 29.3 Å². The predicted molar refractivity (Wildman–Crippen MR) is 87.1 cm³/mol. The third-order valence-corrected chi connectivity index (χ3v) is 4.93. The zero-order valence-corrected chi connectivity index (χ0v) is 13.8. The Labute approximate surface area is 139 Å². The minimum Gasteiger partial charge on any atom is -0.334 e. The van der Waals surface area contributed by atoms with Crippen molar-refractivity contribution >= 4 is 29.1 Å². The number of likely N-dealkylation sites (tertiary alicyclic amines) is 1. The number of halogens is 2. The Morgan fingerprint density at radius 3 is 2.86 bits per heavy atom. The molecule has 1 aliphatic rings. The lowest BCUT2D eigenvalue weighted by molar-refractivity contribution is -0.135. The Kier molecular flexibility index (Phi) is 4.41. The Balaban J connectivity index is 1.83. The van der Waals surface area contributed by atoms with Crippen molar-refractivity contribution in [1.82, 2.24) is 14.5 Å². The van der Waals surface area contributed by atoms with Gasteiger partial charge < -0.3 is 9.47 Å². The van der Waals surface area contributed by atoms with Crippen LogP contribution in [0.3, 0.4) is 0 Å². The van der Waals surface area contributed by atoms with Gasteiger partial charge in [-0.05, 0) is 37.5 Å². The zero-order valence-electron chi connectivity index (χ0n) is 12.2. The lowest BCUT2D eigenvalue weighted by atomic mass is 10.0. The smallest absolute Gasteiger partial charge is 0.245 e. The van der Waals surface area contributed by atoms with Crippen LogP contribution in [-0.2, 0) is 4.79 Å². The van der Waals surface area contributed by atoms with Gasteiger partial charge in [0, 0.05) is 18.9 Å². The highest BCUT2D eigenvalue weighted by Crippen LogP contribution is 2.36. The van der Waals surface area contributed by atoms with Gasteiger partial charge in [-0.15, -0.1) is 0 Å². The van der Waals surface area contributed by atoms with E-state index < -0.39 is 0 Å². The molecule has 0 spiro atoms. The fraction of sp³-hybridized carbons (Fsp3) is 0.375. The number of nitrogens with zero attached hydrogens (tertiary/aromatic N) is 3. The largest absolute Gasteiger partial charge is 0.334 e. The Bertz CT molecular complexity index is 672. The first-order chi connectivity index (χ1) is 10.6. The molecule has 4 nitrogen and oxygen atoms in total. The van der Waals surface area contributed by atoms with Crippen molar-refractivity contribution < 1.29 is 4.79 Å². The molecule has 3 rings (SSSR count). The first kappa shape index (κ1) is 15.4. The molecule has 22 heavy (non-hydrogen) atoms. The molecular weight excluding hydrogens is 321 g/mol. The maximum absolute atomic E-state index is 12.8. The molecule has 0 N–H and O–H groups in total. The van der Waals surface area contributed by atoms with Crippen molar-refractivity contribution in [3.63, 3.8) is 0 Å². The second-order valence-electron chi connectivity index (χ2n) is 5.55. The van der Waals surface area contributed by atoms with Crippen LogP contribution < -0.4 is 0 Å². The first-order valence-electron chi connectivity index (χ1n) is 7.31. The van der Waals surface area contributed by atoms with E-state index in [4.69, 9.17) is 23.2 Å². The molecule has 0 saturated carbocycles. The van der Waals surface area contributed by atoms with Gasteiger partial charge in [0.15, 0.2) is 0 Å². The van der Waals surface area contributed by atoms with E-state index in [1.807, 2.05) is 34.7 Å². The quantitative estimate of drug-likeness (QED) is 0.845. The van der Waals surface area contributed by atoms with Gasteiger partial charge in [0.25, 0.3) is 0 Å². The van der Waals surface area contributed by atoms with Gasteiger partial charge in [-0.2, -0.15) is 0 Å². The number of rotatable bonds is 3. The maximum Gasteiger partial charge on any atom is 0.245 e. The standard InChI is InChI=1S/C16H17Cl2N3O/c1-11(20-8-6-19-10-20)16(22)21-7-2-3-15(21)12-4-5-13(17)14(18)9-12/h4-6,8-11,15H,2-3,7H2,1H3. The van der Waals surface area contributed by atoms with Crippen molar-refractivity contribution in [3.05, 3.63) is 52.5 Å². The van der Waals surface area contributed by atoms with Crippen LogP contribution in [-0.4, -0.2) is 26.9 Å². The molecule has 1 aromatic carbocycles. The molecule has 0 aliphatic carbocycles. The van der Waals surface area contributed by atoms with E-state index in [9.17, 15) is 4.79 Å². The first-order valence-corrected chi connectivity index (χ1v) is 8.06. The third kappa shape index (κ3) is 2.85. The highest BCUT2D eigenvalue weighted by molar-refractivity contribution is 6.42. The van der Waals surface area contributed by atoms with Crippen molar-refractivity contribution in [3.8, 4) is 0 Å². The number of benzene rings is 1.